The molecule has 6 heteroatoms. The topological polar surface area (TPSA) is 56.8 Å². The number of carbonyl (C=O) groups is 2. The molecule has 2 aromatic rings. The first-order valence-corrected chi connectivity index (χ1v) is 8.91. The summed E-state index contributed by atoms with van der Waals surface area (Å²) < 4.78 is 0. The van der Waals surface area contributed by atoms with Crippen LogP contribution >= 0.6 is 0 Å². The molecular weight excluding hydrogens is 328 g/mol. The zero-order valence-corrected chi connectivity index (χ0v) is 15.3. The maximum Gasteiger partial charge on any atom is 0.276 e. The fraction of sp³-hybridized carbons (Fsp3) is 0.350. The highest BCUT2D eigenvalue weighted by Gasteiger charge is 2.23. The smallest absolute Gasteiger partial charge is 0.276 e. The fourth-order valence-corrected chi connectivity index (χ4v) is 3.06. The predicted molar refractivity (Wildman–Crippen MR) is 101 cm³/mol. The molecule has 0 unspecified atom stereocenters. The molecule has 2 amide bonds. The largest absolute Gasteiger partial charge is 0.336 e. The lowest BCUT2D eigenvalue weighted by molar-refractivity contribution is 0.0664. The van der Waals surface area contributed by atoms with Gasteiger partial charge in [-0.1, -0.05) is 18.2 Å². The number of aromatic nitrogens is 1. The highest BCUT2D eigenvalue weighted by Crippen LogP contribution is 2.17. The van der Waals surface area contributed by atoms with E-state index in [0.29, 0.717) is 25.2 Å². The molecule has 0 aliphatic carbocycles. The first kappa shape index (κ1) is 18.1. The number of anilines is 1. The molecule has 0 N–H and O–H groups in total. The SMILES string of the molecule is CCN(C(=O)c1cc(C(=O)N2CCN(C)CC2)ccn1)c1ccccc1. The second-order valence-electron chi connectivity index (χ2n) is 6.41. The average molecular weight is 352 g/mol. The third-order valence-corrected chi connectivity index (χ3v) is 4.65. The van der Waals surface area contributed by atoms with Gasteiger partial charge in [0.15, 0.2) is 0 Å². The normalized spacial score (nSPS) is 14.9. The lowest BCUT2D eigenvalue weighted by atomic mass is 10.1. The molecule has 0 spiro atoms. The van der Waals surface area contributed by atoms with Gasteiger partial charge in [-0.15, -0.1) is 0 Å². The Labute approximate surface area is 154 Å². The van der Waals surface area contributed by atoms with Crippen LogP contribution in [0.4, 0.5) is 5.69 Å². The molecule has 1 aliphatic heterocycles. The van der Waals surface area contributed by atoms with E-state index in [1.807, 2.05) is 49.2 Å². The first-order valence-electron chi connectivity index (χ1n) is 8.91. The van der Waals surface area contributed by atoms with Crippen molar-refractivity contribution in [3.63, 3.8) is 0 Å². The third-order valence-electron chi connectivity index (χ3n) is 4.65. The Kier molecular flexibility index (Phi) is 5.63. The molecule has 0 radical (unpaired) electrons. The predicted octanol–water partition coefficient (Wildman–Crippen LogP) is 2.14. The summed E-state index contributed by atoms with van der Waals surface area (Å²) in [5.41, 5.74) is 1.62. The van der Waals surface area contributed by atoms with Crippen molar-refractivity contribution in [2.45, 2.75) is 6.92 Å². The second kappa shape index (κ2) is 8.10. The summed E-state index contributed by atoms with van der Waals surface area (Å²) >= 11 is 0. The van der Waals surface area contributed by atoms with Crippen molar-refractivity contribution in [2.75, 3.05) is 44.7 Å². The van der Waals surface area contributed by atoms with Gasteiger partial charge < -0.3 is 14.7 Å². The molecule has 136 valence electrons. The number of likely N-dealkylation sites (N-methyl/N-ethyl adjacent to an activating group) is 1. The fourth-order valence-electron chi connectivity index (χ4n) is 3.06. The van der Waals surface area contributed by atoms with Crippen LogP contribution in [0.1, 0.15) is 27.8 Å². The van der Waals surface area contributed by atoms with Gasteiger partial charge in [0.25, 0.3) is 11.8 Å². The Balaban J connectivity index is 1.80. The first-order chi connectivity index (χ1) is 12.6. The minimum Gasteiger partial charge on any atom is -0.336 e. The number of pyridine rings is 1. The Hall–Kier alpha value is -2.73. The van der Waals surface area contributed by atoms with Gasteiger partial charge >= 0.3 is 0 Å². The highest BCUT2D eigenvalue weighted by atomic mass is 16.2. The Morgan fingerprint density at radius 2 is 1.77 bits per heavy atom. The van der Waals surface area contributed by atoms with E-state index in [2.05, 4.69) is 9.88 Å². The minimum atomic E-state index is -0.202. The number of rotatable bonds is 4. The van der Waals surface area contributed by atoms with Crippen molar-refractivity contribution in [2.24, 2.45) is 0 Å². The zero-order chi connectivity index (χ0) is 18.5. The Bertz CT molecular complexity index is 770. The summed E-state index contributed by atoms with van der Waals surface area (Å²) in [6, 6.07) is 12.8. The molecule has 6 nitrogen and oxygen atoms in total. The van der Waals surface area contributed by atoms with Crippen LogP contribution < -0.4 is 4.90 Å². The van der Waals surface area contributed by atoms with Crippen LogP contribution in [0, 0.1) is 0 Å². The van der Waals surface area contributed by atoms with Crippen molar-refractivity contribution in [1.29, 1.82) is 0 Å². The van der Waals surface area contributed by atoms with Crippen LogP contribution in [0.2, 0.25) is 0 Å². The van der Waals surface area contributed by atoms with Crippen molar-refractivity contribution in [1.82, 2.24) is 14.8 Å². The van der Waals surface area contributed by atoms with E-state index in [9.17, 15) is 9.59 Å². The van der Waals surface area contributed by atoms with Crippen LogP contribution in [0.25, 0.3) is 0 Å². The van der Waals surface area contributed by atoms with Crippen molar-refractivity contribution < 1.29 is 9.59 Å². The lowest BCUT2D eigenvalue weighted by Gasteiger charge is -2.32. The summed E-state index contributed by atoms with van der Waals surface area (Å²) in [5.74, 6) is -0.246. The number of hydrogen-bond acceptors (Lipinski definition) is 4. The molecular formula is C20H24N4O2. The van der Waals surface area contributed by atoms with Gasteiger partial charge in [0.05, 0.1) is 0 Å². The molecule has 1 aromatic carbocycles. The molecule has 2 heterocycles. The van der Waals surface area contributed by atoms with E-state index in [1.165, 1.54) is 6.20 Å². The Morgan fingerprint density at radius 3 is 2.42 bits per heavy atom. The number of amides is 2. The maximum absolute atomic E-state index is 12.9. The number of nitrogens with zero attached hydrogens (tertiary/aromatic N) is 4. The van der Waals surface area contributed by atoms with E-state index in [4.69, 9.17) is 0 Å². The van der Waals surface area contributed by atoms with Gasteiger partial charge in [-0.25, -0.2) is 0 Å². The quantitative estimate of drug-likeness (QED) is 0.846. The monoisotopic (exact) mass is 352 g/mol. The van der Waals surface area contributed by atoms with Crippen LogP contribution in [0.15, 0.2) is 48.7 Å². The summed E-state index contributed by atoms with van der Waals surface area (Å²) in [4.78, 5) is 35.5. The lowest BCUT2D eigenvalue weighted by Crippen LogP contribution is -2.47. The molecule has 0 saturated carbocycles. The summed E-state index contributed by atoms with van der Waals surface area (Å²) in [6.07, 6.45) is 1.54. The van der Waals surface area contributed by atoms with Gasteiger partial charge in [-0.05, 0) is 38.2 Å². The van der Waals surface area contributed by atoms with E-state index < -0.39 is 0 Å². The number of para-hydroxylation sites is 1. The number of hydrogen-bond donors (Lipinski definition) is 0. The summed E-state index contributed by atoms with van der Waals surface area (Å²) in [5, 5.41) is 0. The molecule has 1 fully saturated rings. The molecule has 0 atom stereocenters. The van der Waals surface area contributed by atoms with Gasteiger partial charge in [-0.2, -0.15) is 0 Å². The minimum absolute atomic E-state index is 0.0442. The van der Waals surface area contributed by atoms with E-state index in [1.54, 1.807) is 17.0 Å². The van der Waals surface area contributed by atoms with Gasteiger partial charge in [0.2, 0.25) is 0 Å². The van der Waals surface area contributed by atoms with Crippen LogP contribution in [0.5, 0.6) is 0 Å². The Morgan fingerprint density at radius 1 is 1.08 bits per heavy atom. The highest BCUT2D eigenvalue weighted by molar-refractivity contribution is 6.06. The van der Waals surface area contributed by atoms with E-state index in [-0.39, 0.29) is 17.5 Å². The summed E-state index contributed by atoms with van der Waals surface area (Å²) in [7, 11) is 2.05. The molecule has 0 bridgehead atoms. The standard InChI is InChI=1S/C20H24N4O2/c1-3-24(17-7-5-4-6-8-17)20(26)18-15-16(9-10-21-18)19(25)23-13-11-22(2)12-14-23/h4-10,15H,3,11-14H2,1-2H3. The maximum atomic E-state index is 12.9. The van der Waals surface area contributed by atoms with Crippen LogP contribution in [-0.4, -0.2) is 66.4 Å². The molecule has 1 aliphatic rings. The van der Waals surface area contributed by atoms with Crippen LogP contribution in [-0.2, 0) is 0 Å². The number of carbonyl (C=O) groups excluding carboxylic acids is 2. The second-order valence-corrected chi connectivity index (χ2v) is 6.41. The van der Waals surface area contributed by atoms with Gasteiger partial charge in [0.1, 0.15) is 5.69 Å². The molecule has 3 rings (SSSR count). The molecule has 1 saturated heterocycles. The van der Waals surface area contributed by atoms with Gasteiger partial charge in [-0.3, -0.25) is 14.6 Å². The average Bonchev–Trinajstić information content (AvgIpc) is 2.69. The third kappa shape index (κ3) is 3.91. The van der Waals surface area contributed by atoms with Gasteiger partial charge in [0, 0.05) is 50.2 Å². The van der Waals surface area contributed by atoms with E-state index in [0.717, 1.165) is 18.8 Å². The summed E-state index contributed by atoms with van der Waals surface area (Å²) in [6.45, 7) is 5.57. The van der Waals surface area contributed by atoms with E-state index >= 15 is 0 Å². The number of benzene rings is 1. The van der Waals surface area contributed by atoms with Crippen molar-refractivity contribution in [3.8, 4) is 0 Å². The van der Waals surface area contributed by atoms with Crippen molar-refractivity contribution in [3.05, 3.63) is 59.9 Å². The molecule has 26 heavy (non-hydrogen) atoms. The zero-order valence-electron chi connectivity index (χ0n) is 15.3. The van der Waals surface area contributed by atoms with Crippen molar-refractivity contribution >= 4 is 17.5 Å². The van der Waals surface area contributed by atoms with Crippen LogP contribution in [0.3, 0.4) is 0 Å². The number of piperazine rings is 1. The molecule has 1 aromatic heterocycles.